The predicted octanol–water partition coefficient (Wildman–Crippen LogP) is 3.41. The highest BCUT2D eigenvalue weighted by atomic mass is 35.5. The number of hydrogen-bond acceptors (Lipinski definition) is 3. The quantitative estimate of drug-likeness (QED) is 0.840. The first-order valence-electron chi connectivity index (χ1n) is 8.48. The topological polar surface area (TPSA) is 35.6 Å². The molecule has 5 heteroatoms. The molecule has 25 heavy (non-hydrogen) atoms. The van der Waals surface area contributed by atoms with Gasteiger partial charge in [0.15, 0.2) is 0 Å². The molecule has 2 aromatic rings. The lowest BCUT2D eigenvalue weighted by Crippen LogP contribution is -2.43. The number of hydrogen-bond donors (Lipinski definition) is 1. The lowest BCUT2D eigenvalue weighted by molar-refractivity contribution is -0.110. The van der Waals surface area contributed by atoms with Gasteiger partial charge in [-0.3, -0.25) is 4.79 Å². The molecule has 0 saturated carbocycles. The van der Waals surface area contributed by atoms with Crippen LogP contribution < -0.4 is 5.32 Å². The van der Waals surface area contributed by atoms with Crippen molar-refractivity contribution in [2.75, 3.05) is 38.5 Å². The molecular formula is C20H20ClN3O. The van der Waals surface area contributed by atoms with E-state index in [0.717, 1.165) is 48.7 Å². The lowest BCUT2D eigenvalue weighted by atomic mass is 9.99. The van der Waals surface area contributed by atoms with E-state index in [0.29, 0.717) is 10.6 Å². The molecule has 1 N–H and O–H groups in total. The van der Waals surface area contributed by atoms with Crippen LogP contribution in [0.15, 0.2) is 48.5 Å². The van der Waals surface area contributed by atoms with Gasteiger partial charge in [0.1, 0.15) is 0 Å². The van der Waals surface area contributed by atoms with Crippen LogP contribution in [0, 0.1) is 0 Å². The maximum Gasteiger partial charge on any atom is 0.258 e. The summed E-state index contributed by atoms with van der Waals surface area (Å²) in [5.74, 6) is -0.0601. The van der Waals surface area contributed by atoms with Crippen LogP contribution in [0.2, 0.25) is 5.02 Å². The third-order valence-electron chi connectivity index (χ3n) is 4.83. The first-order valence-corrected chi connectivity index (χ1v) is 8.86. The fraction of sp³-hybridized carbons (Fsp3) is 0.250. The summed E-state index contributed by atoms with van der Waals surface area (Å²) in [7, 11) is 2.13. The van der Waals surface area contributed by atoms with Crippen molar-refractivity contribution in [1.82, 2.24) is 9.80 Å². The van der Waals surface area contributed by atoms with Gasteiger partial charge in [0.05, 0.1) is 11.3 Å². The van der Waals surface area contributed by atoms with Crippen molar-refractivity contribution in [3.63, 3.8) is 0 Å². The predicted molar refractivity (Wildman–Crippen MR) is 102 cm³/mol. The number of anilines is 1. The molecule has 0 unspecified atom stereocenters. The Morgan fingerprint density at radius 2 is 1.76 bits per heavy atom. The van der Waals surface area contributed by atoms with Crippen LogP contribution >= 0.6 is 11.6 Å². The van der Waals surface area contributed by atoms with E-state index < -0.39 is 0 Å². The Morgan fingerprint density at radius 3 is 2.48 bits per heavy atom. The van der Waals surface area contributed by atoms with E-state index in [1.165, 1.54) is 0 Å². The van der Waals surface area contributed by atoms with Gasteiger partial charge in [-0.1, -0.05) is 41.9 Å². The maximum absolute atomic E-state index is 12.8. The minimum atomic E-state index is -0.0601. The van der Waals surface area contributed by atoms with Gasteiger partial charge in [0.25, 0.3) is 5.91 Å². The summed E-state index contributed by atoms with van der Waals surface area (Å²) >= 11 is 6.21. The number of rotatable bonds is 2. The van der Waals surface area contributed by atoms with Crippen LogP contribution in [0.3, 0.4) is 0 Å². The largest absolute Gasteiger partial charge is 0.368 e. The molecule has 1 fully saturated rings. The highest BCUT2D eigenvalue weighted by molar-refractivity contribution is 6.38. The minimum Gasteiger partial charge on any atom is -0.368 e. The number of fused-ring (bicyclic) bond motifs is 1. The molecule has 2 heterocycles. The number of likely N-dealkylation sites (N-methyl/N-ethyl adjacent to an activating group) is 1. The molecule has 2 aliphatic rings. The minimum absolute atomic E-state index is 0.0601. The van der Waals surface area contributed by atoms with Gasteiger partial charge in [-0.15, -0.1) is 0 Å². The summed E-state index contributed by atoms with van der Waals surface area (Å²) in [5.41, 5.74) is 4.48. The number of piperazine rings is 1. The fourth-order valence-corrected chi connectivity index (χ4v) is 3.66. The number of carbonyl (C=O) groups excluding carboxylic acids is 1. The number of amides is 1. The van der Waals surface area contributed by atoms with E-state index in [-0.39, 0.29) is 5.91 Å². The van der Waals surface area contributed by atoms with Crippen LogP contribution in [-0.4, -0.2) is 48.9 Å². The van der Waals surface area contributed by atoms with Crippen molar-refractivity contribution < 1.29 is 4.79 Å². The molecule has 128 valence electrons. The normalized spacial score (nSPS) is 19.6. The Kier molecular flexibility index (Phi) is 4.24. The third-order valence-corrected chi connectivity index (χ3v) is 5.06. The number of nitrogens with zero attached hydrogens (tertiary/aromatic N) is 2. The second-order valence-electron chi connectivity index (χ2n) is 6.52. The van der Waals surface area contributed by atoms with E-state index >= 15 is 0 Å². The molecule has 0 aliphatic carbocycles. The second kappa shape index (κ2) is 6.54. The first kappa shape index (κ1) is 16.2. The average Bonchev–Trinajstić information content (AvgIpc) is 2.93. The highest BCUT2D eigenvalue weighted by Gasteiger charge is 2.31. The first-order chi connectivity index (χ1) is 12.1. The smallest absolute Gasteiger partial charge is 0.258 e. The number of nitrogens with one attached hydrogen (secondary N) is 1. The summed E-state index contributed by atoms with van der Waals surface area (Å²) in [6.45, 7) is 3.75. The van der Waals surface area contributed by atoms with Gasteiger partial charge in [-0.2, -0.15) is 0 Å². The van der Waals surface area contributed by atoms with Crippen LogP contribution in [0.25, 0.3) is 11.3 Å². The maximum atomic E-state index is 12.8. The SMILES string of the molecule is CN1CCN(C(=C2C(=O)Nc3ccc(Cl)cc32)c2ccccc2)CC1. The molecule has 0 radical (unpaired) electrons. The van der Waals surface area contributed by atoms with Crippen LogP contribution in [-0.2, 0) is 4.79 Å². The Morgan fingerprint density at radius 1 is 1.04 bits per heavy atom. The molecule has 1 saturated heterocycles. The van der Waals surface area contributed by atoms with Gasteiger partial charge < -0.3 is 15.1 Å². The Balaban J connectivity index is 1.90. The Labute approximate surface area is 152 Å². The molecule has 0 spiro atoms. The third kappa shape index (κ3) is 3.03. The van der Waals surface area contributed by atoms with E-state index in [2.05, 4.69) is 34.3 Å². The Hall–Kier alpha value is -2.30. The average molecular weight is 354 g/mol. The summed E-state index contributed by atoms with van der Waals surface area (Å²) in [6, 6.07) is 15.7. The zero-order valence-electron chi connectivity index (χ0n) is 14.1. The molecule has 0 atom stereocenters. The number of halogens is 1. The molecular weight excluding hydrogens is 334 g/mol. The zero-order chi connectivity index (χ0) is 17.4. The van der Waals surface area contributed by atoms with Crippen molar-refractivity contribution in [1.29, 1.82) is 0 Å². The monoisotopic (exact) mass is 353 g/mol. The van der Waals surface area contributed by atoms with Crippen molar-refractivity contribution in [3.8, 4) is 0 Å². The van der Waals surface area contributed by atoms with E-state index in [1.807, 2.05) is 36.4 Å². The highest BCUT2D eigenvalue weighted by Crippen LogP contribution is 2.39. The Bertz CT molecular complexity index is 839. The number of carbonyl (C=O) groups is 1. The molecule has 0 aromatic heterocycles. The van der Waals surface area contributed by atoms with Crippen molar-refractivity contribution in [2.24, 2.45) is 0 Å². The molecule has 4 rings (SSSR count). The van der Waals surface area contributed by atoms with Gasteiger partial charge in [-0.05, 0) is 30.8 Å². The summed E-state index contributed by atoms with van der Waals surface area (Å²) < 4.78 is 0. The molecule has 2 aromatic carbocycles. The fourth-order valence-electron chi connectivity index (χ4n) is 3.49. The number of benzene rings is 2. The molecule has 0 bridgehead atoms. The van der Waals surface area contributed by atoms with Crippen LogP contribution in [0.4, 0.5) is 5.69 Å². The van der Waals surface area contributed by atoms with Crippen molar-refractivity contribution in [3.05, 3.63) is 64.7 Å². The second-order valence-corrected chi connectivity index (χ2v) is 6.96. The lowest BCUT2D eigenvalue weighted by Gasteiger charge is -2.36. The standard InChI is InChI=1S/C20H20ClN3O/c1-23-9-11-24(12-10-23)19(14-5-3-2-4-6-14)18-16-13-15(21)7-8-17(16)22-20(18)25/h2-8,13H,9-12H2,1H3,(H,22,25). The van der Waals surface area contributed by atoms with Gasteiger partial charge in [0, 0.05) is 42.5 Å². The van der Waals surface area contributed by atoms with Gasteiger partial charge >= 0.3 is 0 Å². The van der Waals surface area contributed by atoms with E-state index in [1.54, 1.807) is 0 Å². The zero-order valence-corrected chi connectivity index (χ0v) is 14.9. The van der Waals surface area contributed by atoms with Crippen molar-refractivity contribution in [2.45, 2.75) is 0 Å². The van der Waals surface area contributed by atoms with Gasteiger partial charge in [0.2, 0.25) is 0 Å². The van der Waals surface area contributed by atoms with Gasteiger partial charge in [-0.25, -0.2) is 0 Å². The summed E-state index contributed by atoms with van der Waals surface area (Å²) in [4.78, 5) is 17.4. The van der Waals surface area contributed by atoms with Crippen LogP contribution in [0.1, 0.15) is 11.1 Å². The molecule has 4 nitrogen and oxygen atoms in total. The van der Waals surface area contributed by atoms with Crippen molar-refractivity contribution >= 4 is 34.5 Å². The van der Waals surface area contributed by atoms with E-state index in [9.17, 15) is 4.79 Å². The molecule has 2 aliphatic heterocycles. The van der Waals surface area contributed by atoms with E-state index in [4.69, 9.17) is 11.6 Å². The summed E-state index contributed by atoms with van der Waals surface area (Å²) in [5, 5.41) is 3.62. The molecule has 1 amide bonds. The summed E-state index contributed by atoms with van der Waals surface area (Å²) in [6.07, 6.45) is 0. The van der Waals surface area contributed by atoms with Crippen LogP contribution in [0.5, 0.6) is 0 Å².